The second-order valence-corrected chi connectivity index (χ2v) is 18.2. The third-order valence-corrected chi connectivity index (χ3v) is 11.9. The van der Waals surface area contributed by atoms with Crippen LogP contribution in [0, 0.1) is 0 Å². The lowest BCUT2D eigenvalue weighted by atomic mass is 9.88. The summed E-state index contributed by atoms with van der Waals surface area (Å²) >= 11 is 0. The number of rotatable bonds is 11. The molecular weight excluding hydrogens is 534 g/mol. The molecular formula is C29H49NO9Si. The number of alkyl carbamates (subject to hydrolysis) is 1. The molecule has 1 aromatic carbocycles. The van der Waals surface area contributed by atoms with Gasteiger partial charge >= 0.3 is 6.09 Å². The number of amides is 1. The van der Waals surface area contributed by atoms with E-state index >= 15 is 0 Å². The Morgan fingerprint density at radius 3 is 2.40 bits per heavy atom. The molecule has 11 heteroatoms. The van der Waals surface area contributed by atoms with Crippen LogP contribution in [-0.2, 0) is 28.1 Å². The molecule has 1 amide bonds. The maximum atomic E-state index is 12.7. The van der Waals surface area contributed by atoms with Gasteiger partial charge in [0.2, 0.25) is 6.79 Å². The second-order valence-electron chi connectivity index (χ2n) is 13.3. The van der Waals surface area contributed by atoms with Gasteiger partial charge in [0.1, 0.15) is 24.6 Å². The number of nitrogens with one attached hydrogen (secondary N) is 1. The highest BCUT2D eigenvalue weighted by molar-refractivity contribution is 6.74. The van der Waals surface area contributed by atoms with Crippen molar-refractivity contribution in [3.63, 3.8) is 0 Å². The third kappa shape index (κ3) is 8.56. The number of carbonyl (C=O) groups is 1. The first kappa shape index (κ1) is 32.6. The Morgan fingerprint density at radius 1 is 1.10 bits per heavy atom. The average Bonchev–Trinajstić information content (AvgIpc) is 3.40. The molecule has 2 aliphatic rings. The van der Waals surface area contributed by atoms with E-state index in [9.17, 15) is 4.79 Å². The van der Waals surface area contributed by atoms with E-state index in [0.29, 0.717) is 18.1 Å². The largest absolute Gasteiger partial charge is 0.454 e. The Labute approximate surface area is 240 Å². The molecule has 1 N–H and O–H groups in total. The molecule has 2 aliphatic heterocycles. The molecule has 0 saturated carbocycles. The SMILES string of the molecule is COCO[C@H]([C@@H]1OC(C)(C)O[C@H]1CO[Si](C)(C)C(C)(C)C)[C@H](CNC(=O)OC(C)(C)C)c1ccc2c(c1)OCO2. The molecule has 228 valence electrons. The fraction of sp³-hybridized carbons (Fsp3) is 0.759. The normalized spacial score (nSPS) is 22.2. The zero-order valence-electron chi connectivity index (χ0n) is 26.0. The van der Waals surface area contributed by atoms with Crippen LogP contribution in [0.25, 0.3) is 0 Å². The maximum Gasteiger partial charge on any atom is 0.407 e. The molecule has 0 spiro atoms. The van der Waals surface area contributed by atoms with Gasteiger partial charge in [0, 0.05) is 19.6 Å². The predicted octanol–water partition coefficient (Wildman–Crippen LogP) is 5.55. The van der Waals surface area contributed by atoms with Crippen molar-refractivity contribution < 1.29 is 42.4 Å². The third-order valence-electron chi connectivity index (χ3n) is 7.42. The van der Waals surface area contributed by atoms with Crippen molar-refractivity contribution in [3.05, 3.63) is 23.8 Å². The minimum absolute atomic E-state index is 0.0221. The second kappa shape index (κ2) is 12.5. The fourth-order valence-corrected chi connectivity index (χ4v) is 5.45. The number of hydrogen-bond acceptors (Lipinski definition) is 9. The Morgan fingerprint density at radius 2 is 1.77 bits per heavy atom. The topological polar surface area (TPSA) is 103 Å². The van der Waals surface area contributed by atoms with E-state index in [0.717, 1.165) is 5.56 Å². The summed E-state index contributed by atoms with van der Waals surface area (Å²) in [5, 5.41) is 2.96. The number of benzene rings is 1. The highest BCUT2D eigenvalue weighted by Gasteiger charge is 2.50. The van der Waals surface area contributed by atoms with Gasteiger partial charge in [-0.1, -0.05) is 26.8 Å². The number of ether oxygens (including phenoxy) is 7. The zero-order chi connectivity index (χ0) is 29.9. The van der Waals surface area contributed by atoms with E-state index in [4.69, 9.17) is 37.6 Å². The van der Waals surface area contributed by atoms with Gasteiger partial charge in [0.25, 0.3) is 0 Å². The summed E-state index contributed by atoms with van der Waals surface area (Å²) in [7, 11) is -0.500. The summed E-state index contributed by atoms with van der Waals surface area (Å²) in [6.07, 6.45) is -2.04. The molecule has 0 radical (unpaired) electrons. The number of fused-ring (bicyclic) bond motifs is 1. The Balaban J connectivity index is 1.95. The van der Waals surface area contributed by atoms with Crippen LogP contribution in [0.5, 0.6) is 11.5 Å². The number of carbonyl (C=O) groups excluding carboxylic acids is 1. The quantitative estimate of drug-likeness (QED) is 0.265. The Hall–Kier alpha value is -1.89. The molecule has 0 unspecified atom stereocenters. The van der Waals surface area contributed by atoms with E-state index < -0.39 is 44.1 Å². The molecule has 1 saturated heterocycles. The molecule has 0 aromatic heterocycles. The minimum Gasteiger partial charge on any atom is -0.454 e. The predicted molar refractivity (Wildman–Crippen MR) is 153 cm³/mol. The monoisotopic (exact) mass is 583 g/mol. The number of hydrogen-bond donors (Lipinski definition) is 1. The van der Waals surface area contributed by atoms with Gasteiger partial charge in [-0.2, -0.15) is 0 Å². The van der Waals surface area contributed by atoms with Gasteiger partial charge < -0.3 is 42.9 Å². The first-order valence-corrected chi connectivity index (χ1v) is 16.8. The van der Waals surface area contributed by atoms with Crippen LogP contribution in [0.15, 0.2) is 18.2 Å². The first-order valence-electron chi connectivity index (χ1n) is 13.9. The van der Waals surface area contributed by atoms with Crippen molar-refractivity contribution >= 4 is 14.4 Å². The van der Waals surface area contributed by atoms with E-state index in [-0.39, 0.29) is 31.1 Å². The van der Waals surface area contributed by atoms with Gasteiger partial charge in [-0.05, 0) is 70.4 Å². The van der Waals surface area contributed by atoms with Crippen molar-refractivity contribution in [2.45, 2.75) is 109 Å². The highest BCUT2D eigenvalue weighted by Crippen LogP contribution is 2.41. The fourth-order valence-electron chi connectivity index (χ4n) is 4.44. The van der Waals surface area contributed by atoms with Crippen LogP contribution in [-0.4, -0.2) is 78.0 Å². The van der Waals surface area contributed by atoms with Crippen LogP contribution in [0.1, 0.15) is 66.9 Å². The Kier molecular flexibility index (Phi) is 10.2. The van der Waals surface area contributed by atoms with Crippen molar-refractivity contribution in [2.24, 2.45) is 0 Å². The minimum atomic E-state index is -2.07. The summed E-state index contributed by atoms with van der Waals surface area (Å²) in [5.41, 5.74) is 0.238. The average molecular weight is 584 g/mol. The van der Waals surface area contributed by atoms with Crippen LogP contribution >= 0.6 is 0 Å². The molecule has 1 fully saturated rings. The standard InChI is InChI=1S/C29H49NO9Si/c1-27(2,3)39-26(31)30-15-20(19-12-13-21-22(14-19)34-18-33-21)24(35-17-32-9)25-23(37-29(7,8)38-25)16-36-40(10,11)28(4,5)6/h12-14,20,23-25H,15-18H2,1-11H3,(H,30,31)/t20-,23+,24+,25-/m1/s1. The lowest BCUT2D eigenvalue weighted by Crippen LogP contribution is -2.49. The lowest BCUT2D eigenvalue weighted by molar-refractivity contribution is -0.173. The van der Waals surface area contributed by atoms with Gasteiger partial charge in [0.15, 0.2) is 25.6 Å². The summed E-state index contributed by atoms with van der Waals surface area (Å²) < 4.78 is 47.8. The van der Waals surface area contributed by atoms with Crippen LogP contribution < -0.4 is 14.8 Å². The summed E-state index contributed by atoms with van der Waals surface area (Å²) in [4.78, 5) is 12.7. The van der Waals surface area contributed by atoms with E-state index in [1.165, 1.54) is 0 Å². The molecule has 40 heavy (non-hydrogen) atoms. The lowest BCUT2D eigenvalue weighted by Gasteiger charge is -2.38. The Bertz CT molecular complexity index is 1000. The van der Waals surface area contributed by atoms with Gasteiger partial charge in [-0.3, -0.25) is 0 Å². The van der Waals surface area contributed by atoms with Crippen LogP contribution in [0.4, 0.5) is 4.79 Å². The molecule has 0 aliphatic carbocycles. The number of methoxy groups -OCH3 is 1. The van der Waals surface area contributed by atoms with Crippen LogP contribution in [0.3, 0.4) is 0 Å². The summed E-state index contributed by atoms with van der Waals surface area (Å²) in [5.74, 6) is 0.0555. The molecule has 1 aromatic rings. The first-order chi connectivity index (χ1) is 18.4. The van der Waals surface area contributed by atoms with Gasteiger partial charge in [0.05, 0.1) is 12.7 Å². The molecule has 3 rings (SSSR count). The van der Waals surface area contributed by atoms with Gasteiger partial charge in [-0.25, -0.2) is 4.79 Å². The zero-order valence-corrected chi connectivity index (χ0v) is 27.0. The molecule has 2 heterocycles. The van der Waals surface area contributed by atoms with E-state index in [1.54, 1.807) is 7.11 Å². The molecule has 4 atom stereocenters. The molecule has 10 nitrogen and oxygen atoms in total. The van der Waals surface area contributed by atoms with Crippen molar-refractivity contribution in [1.82, 2.24) is 5.32 Å². The summed E-state index contributed by atoms with van der Waals surface area (Å²) in [6, 6.07) is 5.72. The van der Waals surface area contributed by atoms with Crippen molar-refractivity contribution in [3.8, 4) is 11.5 Å². The summed E-state index contributed by atoms with van der Waals surface area (Å²) in [6.45, 7) is 21.0. The van der Waals surface area contributed by atoms with E-state index in [2.05, 4.69) is 39.2 Å². The van der Waals surface area contributed by atoms with Crippen molar-refractivity contribution in [1.29, 1.82) is 0 Å². The van der Waals surface area contributed by atoms with Gasteiger partial charge in [-0.15, -0.1) is 0 Å². The smallest absolute Gasteiger partial charge is 0.407 e. The van der Waals surface area contributed by atoms with Crippen molar-refractivity contribution in [2.75, 3.05) is 33.8 Å². The van der Waals surface area contributed by atoms with E-state index in [1.807, 2.05) is 52.8 Å². The van der Waals surface area contributed by atoms with Crippen LogP contribution in [0.2, 0.25) is 18.1 Å². The molecule has 0 bridgehead atoms. The highest BCUT2D eigenvalue weighted by atomic mass is 28.4. The maximum absolute atomic E-state index is 12.7.